The second-order valence-corrected chi connectivity index (χ2v) is 10.0. The summed E-state index contributed by atoms with van der Waals surface area (Å²) >= 11 is 0. The predicted molar refractivity (Wildman–Crippen MR) is 124 cm³/mol. The molecule has 1 spiro atoms. The van der Waals surface area contributed by atoms with Gasteiger partial charge in [0.05, 0.1) is 11.0 Å². The lowest BCUT2D eigenvalue weighted by molar-refractivity contribution is -0.132. The highest BCUT2D eigenvalue weighted by atomic mass is 16.5. The van der Waals surface area contributed by atoms with E-state index in [2.05, 4.69) is 21.6 Å². The van der Waals surface area contributed by atoms with Crippen molar-refractivity contribution in [3.8, 4) is 5.75 Å². The Labute approximate surface area is 190 Å². The Balaban J connectivity index is 1.44. The number of nitrogens with zero attached hydrogens (tertiary/aromatic N) is 1. The van der Waals surface area contributed by atoms with E-state index in [4.69, 9.17) is 4.74 Å². The topological polar surface area (TPSA) is 70.7 Å². The molecule has 2 amide bonds. The first-order valence-electron chi connectivity index (χ1n) is 12.3. The van der Waals surface area contributed by atoms with E-state index in [0.717, 1.165) is 71.0 Å². The first-order valence-corrected chi connectivity index (χ1v) is 12.3. The molecule has 2 unspecified atom stereocenters. The van der Waals surface area contributed by atoms with Crippen molar-refractivity contribution in [3.05, 3.63) is 42.0 Å². The van der Waals surface area contributed by atoms with Crippen LogP contribution in [-0.4, -0.2) is 55.0 Å². The van der Waals surface area contributed by atoms with Crippen LogP contribution < -0.4 is 15.4 Å². The number of amides is 2. The number of para-hydroxylation sites is 1. The minimum Gasteiger partial charge on any atom is -0.489 e. The summed E-state index contributed by atoms with van der Waals surface area (Å²) in [4.78, 5) is 29.0. The molecule has 1 aromatic carbocycles. The number of ether oxygens (including phenoxy) is 1. The van der Waals surface area contributed by atoms with Gasteiger partial charge in [0.2, 0.25) is 5.91 Å². The number of fused-ring (bicyclic) bond motifs is 5. The first-order chi connectivity index (χ1) is 15.7. The second-order valence-electron chi connectivity index (χ2n) is 10.0. The average Bonchev–Trinajstić information content (AvgIpc) is 2.97. The molecule has 4 bridgehead atoms. The highest BCUT2D eigenvalue weighted by molar-refractivity contribution is 5.97. The zero-order valence-corrected chi connectivity index (χ0v) is 18.9. The largest absolute Gasteiger partial charge is 0.489 e. The maximum atomic E-state index is 13.5. The van der Waals surface area contributed by atoms with Crippen LogP contribution in [0.1, 0.15) is 61.7 Å². The lowest BCUT2D eigenvalue weighted by Gasteiger charge is -2.40. The van der Waals surface area contributed by atoms with E-state index in [-0.39, 0.29) is 29.3 Å². The van der Waals surface area contributed by atoms with Crippen molar-refractivity contribution in [1.29, 1.82) is 0 Å². The third-order valence-electron chi connectivity index (χ3n) is 8.02. The summed E-state index contributed by atoms with van der Waals surface area (Å²) in [6.45, 7) is 2.99. The van der Waals surface area contributed by atoms with Crippen molar-refractivity contribution < 1.29 is 14.3 Å². The Morgan fingerprint density at radius 3 is 2.66 bits per heavy atom. The summed E-state index contributed by atoms with van der Waals surface area (Å²) in [6.07, 6.45) is 11.7. The zero-order chi connectivity index (χ0) is 22.0. The molecule has 0 radical (unpaired) electrons. The van der Waals surface area contributed by atoms with Gasteiger partial charge in [0.25, 0.3) is 5.91 Å². The van der Waals surface area contributed by atoms with E-state index >= 15 is 0 Å². The molecule has 1 aromatic rings. The number of hydrogen-bond donors (Lipinski definition) is 2. The molecule has 3 saturated heterocycles. The van der Waals surface area contributed by atoms with Gasteiger partial charge >= 0.3 is 0 Å². The molecule has 6 rings (SSSR count). The second kappa shape index (κ2) is 9.26. The van der Waals surface area contributed by atoms with E-state index in [0.29, 0.717) is 23.8 Å². The van der Waals surface area contributed by atoms with Gasteiger partial charge in [0.15, 0.2) is 0 Å². The molecule has 5 heterocycles. The fourth-order valence-electron chi connectivity index (χ4n) is 6.29. The van der Waals surface area contributed by atoms with Crippen LogP contribution >= 0.6 is 0 Å². The van der Waals surface area contributed by atoms with E-state index in [9.17, 15) is 9.59 Å². The van der Waals surface area contributed by atoms with Gasteiger partial charge in [0, 0.05) is 18.6 Å². The Hall–Kier alpha value is -2.34. The first kappa shape index (κ1) is 21.5. The van der Waals surface area contributed by atoms with E-state index < -0.39 is 0 Å². The lowest BCUT2D eigenvalue weighted by atomic mass is 9.76. The molecule has 4 atom stereocenters. The average molecular weight is 438 g/mol. The number of allylic oxidation sites excluding steroid dienone is 1. The highest BCUT2D eigenvalue weighted by Gasteiger charge is 2.44. The van der Waals surface area contributed by atoms with E-state index in [1.165, 1.54) is 0 Å². The van der Waals surface area contributed by atoms with Crippen molar-refractivity contribution >= 4 is 11.8 Å². The van der Waals surface area contributed by atoms with Crippen molar-refractivity contribution in [2.24, 2.45) is 11.3 Å². The minimum atomic E-state index is -0.343. The van der Waals surface area contributed by atoms with Gasteiger partial charge in [0.1, 0.15) is 12.4 Å². The van der Waals surface area contributed by atoms with Crippen LogP contribution in [0, 0.1) is 11.3 Å². The number of nitrogens with one attached hydrogen (secondary N) is 2. The van der Waals surface area contributed by atoms with Crippen molar-refractivity contribution in [1.82, 2.24) is 15.5 Å². The molecule has 2 N–H and O–H groups in total. The summed E-state index contributed by atoms with van der Waals surface area (Å²) in [6, 6.07) is 8.16. The van der Waals surface area contributed by atoms with Crippen LogP contribution in [0.3, 0.4) is 0 Å². The van der Waals surface area contributed by atoms with Crippen LogP contribution in [0.25, 0.3) is 0 Å². The Morgan fingerprint density at radius 1 is 1.00 bits per heavy atom. The number of hydrogen-bond acceptors (Lipinski definition) is 4. The standard InChI is InChI=1S/C26H35N3O3/c30-24-22-6-1-2-7-23(22)32-15-4-3-10-26(11-5-13-27-14-12-26)25(31)28-18-19-16-20-8-9-21(17-19)29(20)24/h1-4,6-7,19-21,27H,5,8-18H2,(H,28,31)/b4-3-/t19?,20-,21+,26?. The van der Waals surface area contributed by atoms with E-state index in [1.54, 1.807) is 0 Å². The fraction of sp³-hybridized carbons (Fsp3) is 0.615. The normalized spacial score (nSPS) is 34.5. The molecule has 6 nitrogen and oxygen atoms in total. The van der Waals surface area contributed by atoms with Crippen molar-refractivity contribution in [2.75, 3.05) is 26.2 Å². The molecule has 0 saturated carbocycles. The summed E-state index contributed by atoms with van der Waals surface area (Å²) in [5.41, 5.74) is 0.327. The Morgan fingerprint density at radius 2 is 1.81 bits per heavy atom. The molecule has 6 heteroatoms. The summed E-state index contributed by atoms with van der Waals surface area (Å²) < 4.78 is 6.04. The molecule has 3 fully saturated rings. The molecule has 0 aliphatic carbocycles. The third-order valence-corrected chi connectivity index (χ3v) is 8.02. The molecule has 5 aliphatic rings. The van der Waals surface area contributed by atoms with Crippen LogP contribution in [0.4, 0.5) is 0 Å². The molecule has 0 aromatic heterocycles. The smallest absolute Gasteiger partial charge is 0.258 e. The number of benzene rings is 1. The van der Waals surface area contributed by atoms with Crippen LogP contribution in [-0.2, 0) is 4.79 Å². The summed E-state index contributed by atoms with van der Waals surface area (Å²) in [5.74, 6) is 1.39. The SMILES string of the molecule is O=C1c2ccccc2OC/C=C\CC2(CCCNCC2)C(=O)NCC2C[C@H]3CC[C@@H](C2)N13. The summed E-state index contributed by atoms with van der Waals surface area (Å²) in [5, 5.41) is 6.79. The van der Waals surface area contributed by atoms with Gasteiger partial charge in [-0.25, -0.2) is 0 Å². The van der Waals surface area contributed by atoms with Crippen LogP contribution in [0.2, 0.25) is 0 Å². The molecular weight excluding hydrogens is 402 g/mol. The van der Waals surface area contributed by atoms with Crippen LogP contribution in [0.5, 0.6) is 5.75 Å². The van der Waals surface area contributed by atoms with Gasteiger partial charge in [-0.1, -0.05) is 24.3 Å². The van der Waals surface area contributed by atoms with Gasteiger partial charge in [-0.15, -0.1) is 0 Å². The van der Waals surface area contributed by atoms with Crippen molar-refractivity contribution in [3.63, 3.8) is 0 Å². The third kappa shape index (κ3) is 4.17. The molecule has 172 valence electrons. The maximum Gasteiger partial charge on any atom is 0.258 e. The van der Waals surface area contributed by atoms with Gasteiger partial charge in [-0.05, 0) is 82.5 Å². The monoisotopic (exact) mass is 437 g/mol. The maximum absolute atomic E-state index is 13.5. The predicted octanol–water partition coefficient (Wildman–Crippen LogP) is 3.28. The van der Waals surface area contributed by atoms with Gasteiger partial charge in [-0.3, -0.25) is 9.59 Å². The number of carbonyl (C=O) groups excluding carboxylic acids is 2. The van der Waals surface area contributed by atoms with Gasteiger partial charge in [-0.2, -0.15) is 0 Å². The minimum absolute atomic E-state index is 0.0940. The highest BCUT2D eigenvalue weighted by Crippen LogP contribution is 2.41. The Kier molecular flexibility index (Phi) is 6.22. The summed E-state index contributed by atoms with van der Waals surface area (Å²) in [7, 11) is 0. The number of rotatable bonds is 0. The van der Waals surface area contributed by atoms with Gasteiger partial charge < -0.3 is 20.3 Å². The quantitative estimate of drug-likeness (QED) is 0.611. The fourth-order valence-corrected chi connectivity index (χ4v) is 6.29. The molecule has 32 heavy (non-hydrogen) atoms. The molecule has 5 aliphatic heterocycles. The van der Waals surface area contributed by atoms with E-state index in [1.807, 2.05) is 30.3 Å². The zero-order valence-electron chi connectivity index (χ0n) is 18.9. The van der Waals surface area contributed by atoms with Crippen LogP contribution in [0.15, 0.2) is 36.4 Å². The Bertz CT molecular complexity index is 861. The number of carbonyl (C=O) groups is 2. The van der Waals surface area contributed by atoms with Crippen molar-refractivity contribution in [2.45, 2.75) is 63.5 Å². The molecular formula is C26H35N3O3. The lowest BCUT2D eigenvalue weighted by Crippen LogP contribution is -2.50. The number of piperidine rings is 1.